The molecule has 0 unspecified atom stereocenters. The van der Waals surface area contributed by atoms with E-state index in [1.165, 1.54) is 30.9 Å². The van der Waals surface area contributed by atoms with Gasteiger partial charge in [-0.05, 0) is 6.07 Å². The summed E-state index contributed by atoms with van der Waals surface area (Å²) in [5.74, 6) is 0. The summed E-state index contributed by atoms with van der Waals surface area (Å²) in [6.45, 7) is 0.0889. The van der Waals surface area contributed by atoms with Crippen LogP contribution in [0.1, 0.15) is 5.56 Å². The average molecular weight is 290 g/mol. The lowest BCUT2D eigenvalue weighted by Crippen LogP contribution is -2.38. The lowest BCUT2D eigenvalue weighted by molar-refractivity contribution is -0.384. The predicted molar refractivity (Wildman–Crippen MR) is 77.3 cm³/mol. The van der Waals surface area contributed by atoms with Gasteiger partial charge in [0.25, 0.3) is 11.2 Å². The van der Waals surface area contributed by atoms with Crippen molar-refractivity contribution < 1.29 is 4.92 Å². The summed E-state index contributed by atoms with van der Waals surface area (Å²) in [7, 11) is 2.93. The number of rotatable bonds is 4. The summed E-state index contributed by atoms with van der Waals surface area (Å²) in [6.07, 6.45) is 1.42. The molecule has 0 spiro atoms. The predicted octanol–water partition coefficient (Wildman–Crippen LogP) is 0.604. The van der Waals surface area contributed by atoms with Crippen LogP contribution in [-0.4, -0.2) is 14.1 Å². The largest absolute Gasteiger partial charge is 0.375 e. The molecule has 8 heteroatoms. The molecule has 0 fully saturated rings. The van der Waals surface area contributed by atoms with Gasteiger partial charge in [-0.15, -0.1) is 0 Å². The van der Waals surface area contributed by atoms with Crippen LogP contribution in [0.3, 0.4) is 0 Å². The Bertz CT molecular complexity index is 807. The molecule has 21 heavy (non-hydrogen) atoms. The van der Waals surface area contributed by atoms with Crippen molar-refractivity contribution in [1.29, 1.82) is 0 Å². The molecule has 1 N–H and O–H groups in total. The number of nitro groups is 1. The number of aromatic nitrogens is 2. The summed E-state index contributed by atoms with van der Waals surface area (Å²) in [5, 5.41) is 13.8. The summed E-state index contributed by atoms with van der Waals surface area (Å²) in [5.41, 5.74) is -0.256. The molecule has 8 nitrogen and oxygen atoms in total. The first-order chi connectivity index (χ1) is 9.91. The van der Waals surface area contributed by atoms with Crippen molar-refractivity contribution in [2.75, 3.05) is 5.32 Å². The third-order valence-electron chi connectivity index (χ3n) is 3.09. The molecule has 2 rings (SSSR count). The summed E-state index contributed by atoms with van der Waals surface area (Å²) < 4.78 is 2.29. The normalized spacial score (nSPS) is 10.4. The molecule has 1 aromatic carbocycles. The maximum absolute atomic E-state index is 12.0. The number of para-hydroxylation sites is 2. The van der Waals surface area contributed by atoms with Crippen LogP contribution in [0.15, 0.2) is 40.1 Å². The zero-order valence-electron chi connectivity index (χ0n) is 11.6. The quantitative estimate of drug-likeness (QED) is 0.656. The van der Waals surface area contributed by atoms with E-state index >= 15 is 0 Å². The number of benzene rings is 1. The van der Waals surface area contributed by atoms with Gasteiger partial charge in [0.15, 0.2) is 0 Å². The molecule has 0 aliphatic rings. The number of anilines is 1. The summed E-state index contributed by atoms with van der Waals surface area (Å²) in [4.78, 5) is 33.9. The second kappa shape index (κ2) is 5.61. The van der Waals surface area contributed by atoms with Crippen molar-refractivity contribution >= 4 is 11.4 Å². The lowest BCUT2D eigenvalue weighted by atomic mass is 10.2. The first kappa shape index (κ1) is 14.5. The number of hydrogen-bond acceptors (Lipinski definition) is 5. The van der Waals surface area contributed by atoms with Crippen LogP contribution >= 0.6 is 0 Å². The number of hydrogen-bond donors (Lipinski definition) is 1. The van der Waals surface area contributed by atoms with E-state index in [9.17, 15) is 19.7 Å². The van der Waals surface area contributed by atoms with Crippen LogP contribution in [0.2, 0.25) is 0 Å². The highest BCUT2D eigenvalue weighted by Gasteiger charge is 2.13. The topological polar surface area (TPSA) is 99.2 Å². The van der Waals surface area contributed by atoms with Crippen LogP contribution in [0.25, 0.3) is 0 Å². The van der Waals surface area contributed by atoms with Gasteiger partial charge in [-0.1, -0.05) is 12.1 Å². The van der Waals surface area contributed by atoms with Crippen molar-refractivity contribution in [1.82, 2.24) is 9.13 Å². The molecule has 0 bridgehead atoms. The highest BCUT2D eigenvalue weighted by molar-refractivity contribution is 5.61. The minimum absolute atomic E-state index is 0.0702. The average Bonchev–Trinajstić information content (AvgIpc) is 2.47. The van der Waals surface area contributed by atoms with Gasteiger partial charge >= 0.3 is 5.69 Å². The first-order valence-electron chi connectivity index (χ1n) is 6.14. The van der Waals surface area contributed by atoms with Crippen molar-refractivity contribution in [3.8, 4) is 0 Å². The Kier molecular flexibility index (Phi) is 3.88. The second-order valence-electron chi connectivity index (χ2n) is 4.54. The molecule has 0 atom stereocenters. The van der Waals surface area contributed by atoms with Crippen LogP contribution in [0.5, 0.6) is 0 Å². The van der Waals surface area contributed by atoms with Crippen molar-refractivity contribution in [3.05, 3.63) is 67.0 Å². The summed E-state index contributed by atoms with van der Waals surface area (Å²) in [6, 6.07) is 6.16. The van der Waals surface area contributed by atoms with Gasteiger partial charge in [0.1, 0.15) is 5.69 Å². The van der Waals surface area contributed by atoms with Crippen molar-refractivity contribution in [3.63, 3.8) is 0 Å². The monoisotopic (exact) mass is 290 g/mol. The van der Waals surface area contributed by atoms with Crippen LogP contribution in [0, 0.1) is 10.1 Å². The minimum atomic E-state index is -0.499. The van der Waals surface area contributed by atoms with Gasteiger partial charge in [-0.2, -0.15) is 0 Å². The van der Waals surface area contributed by atoms with E-state index in [1.807, 2.05) is 0 Å². The summed E-state index contributed by atoms with van der Waals surface area (Å²) >= 11 is 0. The smallest absolute Gasteiger partial charge is 0.330 e. The highest BCUT2D eigenvalue weighted by atomic mass is 16.6. The van der Waals surface area contributed by atoms with Gasteiger partial charge in [-0.25, -0.2) is 4.79 Å². The fourth-order valence-electron chi connectivity index (χ4n) is 1.98. The molecule has 0 aliphatic heterocycles. The standard InChI is InChI=1S/C13H14N4O4/c1-15-8-9(12(18)16(2)13(15)19)7-14-10-5-3-4-6-11(10)17(20)21/h3-6,8,14H,7H2,1-2H3. The molecule has 1 aromatic heterocycles. The van der Waals surface area contributed by atoms with Crippen LogP contribution in [-0.2, 0) is 20.6 Å². The van der Waals surface area contributed by atoms with E-state index in [4.69, 9.17) is 0 Å². The Hall–Kier alpha value is -2.90. The van der Waals surface area contributed by atoms with Crippen LogP contribution in [0.4, 0.5) is 11.4 Å². The molecule has 0 amide bonds. The highest BCUT2D eigenvalue weighted by Crippen LogP contribution is 2.23. The molecule has 0 saturated carbocycles. The molecule has 110 valence electrons. The maximum Gasteiger partial charge on any atom is 0.330 e. The fourth-order valence-corrected chi connectivity index (χ4v) is 1.98. The number of nitrogens with zero attached hydrogens (tertiary/aromatic N) is 3. The first-order valence-corrected chi connectivity index (χ1v) is 6.14. The number of nitrogens with one attached hydrogen (secondary N) is 1. The third-order valence-corrected chi connectivity index (χ3v) is 3.09. The minimum Gasteiger partial charge on any atom is -0.375 e. The molecule has 0 aliphatic carbocycles. The molecule has 2 aromatic rings. The maximum atomic E-state index is 12.0. The van der Waals surface area contributed by atoms with E-state index in [1.54, 1.807) is 18.2 Å². The molecular formula is C13H14N4O4. The van der Waals surface area contributed by atoms with E-state index in [0.29, 0.717) is 11.3 Å². The SMILES string of the molecule is Cn1cc(CNc2ccccc2[N+](=O)[O-])c(=O)n(C)c1=O. The fraction of sp³-hybridized carbons (Fsp3) is 0.231. The van der Waals surface area contributed by atoms with Crippen LogP contribution < -0.4 is 16.6 Å². The van der Waals surface area contributed by atoms with E-state index in [2.05, 4.69) is 5.32 Å². The number of nitro benzene ring substituents is 1. The Morgan fingerprint density at radius 3 is 2.57 bits per heavy atom. The van der Waals surface area contributed by atoms with Gasteiger partial charge in [0.05, 0.1) is 10.5 Å². The zero-order chi connectivity index (χ0) is 15.6. The molecule has 1 heterocycles. The Morgan fingerprint density at radius 1 is 1.24 bits per heavy atom. The van der Waals surface area contributed by atoms with Gasteiger partial charge in [0, 0.05) is 32.9 Å². The van der Waals surface area contributed by atoms with E-state index < -0.39 is 16.2 Å². The Morgan fingerprint density at radius 2 is 1.90 bits per heavy atom. The zero-order valence-corrected chi connectivity index (χ0v) is 11.6. The van der Waals surface area contributed by atoms with Crippen molar-refractivity contribution in [2.45, 2.75) is 6.54 Å². The molecule has 0 saturated heterocycles. The van der Waals surface area contributed by atoms with Crippen molar-refractivity contribution in [2.24, 2.45) is 14.1 Å². The second-order valence-corrected chi connectivity index (χ2v) is 4.54. The number of aryl methyl sites for hydroxylation is 1. The van der Waals surface area contributed by atoms with E-state index in [-0.39, 0.29) is 12.2 Å². The van der Waals surface area contributed by atoms with Gasteiger partial charge < -0.3 is 9.88 Å². The molecular weight excluding hydrogens is 276 g/mol. The lowest BCUT2D eigenvalue weighted by Gasteiger charge is -2.09. The Labute approximate surface area is 119 Å². The third kappa shape index (κ3) is 2.83. The Balaban J connectivity index is 2.32. The van der Waals surface area contributed by atoms with E-state index in [0.717, 1.165) is 4.57 Å². The van der Waals surface area contributed by atoms with Gasteiger partial charge in [0.2, 0.25) is 0 Å². The van der Waals surface area contributed by atoms with Gasteiger partial charge in [-0.3, -0.25) is 19.5 Å². The molecule has 0 radical (unpaired) electrons.